The molecule has 1 aliphatic rings. The third kappa shape index (κ3) is 4.54. The summed E-state index contributed by atoms with van der Waals surface area (Å²) in [4.78, 5) is 12.6. The zero-order valence-electron chi connectivity index (χ0n) is 16.3. The quantitative estimate of drug-likeness (QED) is 0.450. The van der Waals surface area contributed by atoms with Crippen molar-refractivity contribution >= 4 is 34.9 Å². The van der Waals surface area contributed by atoms with Gasteiger partial charge in [0.15, 0.2) is 11.7 Å². The third-order valence-corrected chi connectivity index (χ3v) is 5.76. The van der Waals surface area contributed by atoms with E-state index >= 15 is 0 Å². The minimum absolute atomic E-state index is 0.0289. The van der Waals surface area contributed by atoms with Gasteiger partial charge in [-0.3, -0.25) is 4.79 Å². The van der Waals surface area contributed by atoms with Crippen LogP contribution in [0.2, 0.25) is 10.0 Å². The van der Waals surface area contributed by atoms with Crippen molar-refractivity contribution in [2.24, 2.45) is 0 Å². The molecule has 0 saturated heterocycles. The molecule has 168 valence electrons. The highest BCUT2D eigenvalue weighted by Crippen LogP contribution is 2.46. The number of amides is 1. The van der Waals surface area contributed by atoms with E-state index in [0.29, 0.717) is 20.8 Å². The van der Waals surface area contributed by atoms with E-state index in [2.05, 4.69) is 15.7 Å². The second-order valence-electron chi connectivity index (χ2n) is 7.31. The van der Waals surface area contributed by atoms with E-state index in [1.54, 1.807) is 24.3 Å². The van der Waals surface area contributed by atoms with Crippen molar-refractivity contribution in [2.75, 3.05) is 5.32 Å². The summed E-state index contributed by atoms with van der Waals surface area (Å²) in [6.07, 6.45) is -4.95. The van der Waals surface area contributed by atoms with Gasteiger partial charge >= 0.3 is 6.18 Å². The summed E-state index contributed by atoms with van der Waals surface area (Å²) in [7, 11) is 0. The molecule has 32 heavy (non-hydrogen) atoms. The van der Waals surface area contributed by atoms with Crippen LogP contribution in [0.3, 0.4) is 0 Å². The van der Waals surface area contributed by atoms with Gasteiger partial charge in [-0.2, -0.15) is 18.3 Å². The highest BCUT2D eigenvalue weighted by Gasteiger charge is 2.47. The maximum absolute atomic E-state index is 13.8. The van der Waals surface area contributed by atoms with Crippen molar-refractivity contribution in [3.63, 3.8) is 0 Å². The molecule has 0 aliphatic carbocycles. The first-order valence-electron chi connectivity index (χ1n) is 9.53. The van der Waals surface area contributed by atoms with E-state index in [0.717, 1.165) is 0 Å². The van der Waals surface area contributed by atoms with Crippen LogP contribution in [0.4, 0.5) is 23.4 Å². The monoisotopic (exact) mass is 486 g/mol. The van der Waals surface area contributed by atoms with E-state index in [-0.39, 0.29) is 29.5 Å². The standard InChI is InChI=1S/C21H16Cl2F4N4O/c22-13-5-3-12(4-6-13)15-9-16(21(25,26)27)31-19(29-15)17(23)18(30-31)20(32)28-10-11-1-7-14(24)8-2-11/h1-8,15-16,29H,9-10H2,(H,28,32)/t15-,16-/m1/s1. The summed E-state index contributed by atoms with van der Waals surface area (Å²) in [5.41, 5.74) is 0.866. The SMILES string of the molecule is O=C(NCc1ccc(F)cc1)c1nn2c(c1Cl)N[C@@H](c1ccc(Cl)cc1)C[C@@H]2C(F)(F)F. The lowest BCUT2D eigenvalue weighted by atomic mass is 9.97. The molecule has 0 spiro atoms. The number of nitrogens with one attached hydrogen (secondary N) is 2. The Kier molecular flexibility index (Phi) is 6.05. The van der Waals surface area contributed by atoms with Gasteiger partial charge in [-0.25, -0.2) is 9.07 Å². The summed E-state index contributed by atoms with van der Waals surface area (Å²) in [5, 5.41) is 9.63. The summed E-state index contributed by atoms with van der Waals surface area (Å²) >= 11 is 12.2. The van der Waals surface area contributed by atoms with Gasteiger partial charge in [0, 0.05) is 18.0 Å². The minimum atomic E-state index is -4.61. The van der Waals surface area contributed by atoms with Gasteiger partial charge in [0.25, 0.3) is 5.91 Å². The van der Waals surface area contributed by atoms with Crippen LogP contribution in [0.5, 0.6) is 0 Å². The molecule has 5 nitrogen and oxygen atoms in total. The number of alkyl halides is 3. The first-order valence-corrected chi connectivity index (χ1v) is 10.3. The maximum Gasteiger partial charge on any atom is 0.410 e. The second kappa shape index (κ2) is 8.63. The van der Waals surface area contributed by atoms with Crippen LogP contribution in [0, 0.1) is 5.82 Å². The maximum atomic E-state index is 13.8. The molecular weight excluding hydrogens is 471 g/mol. The summed E-state index contributed by atoms with van der Waals surface area (Å²) in [5.74, 6) is -1.26. The topological polar surface area (TPSA) is 59.0 Å². The molecule has 0 bridgehead atoms. The van der Waals surface area contributed by atoms with Crippen molar-refractivity contribution in [1.82, 2.24) is 15.1 Å². The van der Waals surface area contributed by atoms with Crippen LogP contribution in [0.1, 0.15) is 40.1 Å². The Hall–Kier alpha value is -2.78. The molecule has 11 heteroatoms. The van der Waals surface area contributed by atoms with Crippen LogP contribution in [-0.2, 0) is 6.54 Å². The molecule has 2 heterocycles. The number of nitrogens with zero attached hydrogens (tertiary/aromatic N) is 2. The summed E-state index contributed by atoms with van der Waals surface area (Å²) in [6.45, 7) is 0.0289. The van der Waals surface area contributed by atoms with Crippen LogP contribution in [-0.4, -0.2) is 21.9 Å². The molecule has 0 radical (unpaired) electrons. The predicted octanol–water partition coefficient (Wildman–Crippen LogP) is 5.92. The van der Waals surface area contributed by atoms with Crippen molar-refractivity contribution in [2.45, 2.75) is 31.2 Å². The number of fused-ring (bicyclic) bond motifs is 1. The van der Waals surface area contributed by atoms with Gasteiger partial charge < -0.3 is 10.6 Å². The Labute approximate surface area is 190 Å². The number of anilines is 1. The number of benzene rings is 2. The van der Waals surface area contributed by atoms with Crippen molar-refractivity contribution in [1.29, 1.82) is 0 Å². The first kappa shape index (κ1) is 22.4. The predicted molar refractivity (Wildman–Crippen MR) is 112 cm³/mol. The van der Waals surface area contributed by atoms with Gasteiger partial charge in [0.05, 0.1) is 6.04 Å². The fraction of sp³-hybridized carbons (Fsp3) is 0.238. The molecule has 1 aliphatic heterocycles. The first-order chi connectivity index (χ1) is 15.1. The molecule has 2 N–H and O–H groups in total. The summed E-state index contributed by atoms with van der Waals surface area (Å²) in [6, 6.07) is 9.17. The molecule has 4 rings (SSSR count). The van der Waals surface area contributed by atoms with Gasteiger partial charge in [0.2, 0.25) is 0 Å². The van der Waals surface area contributed by atoms with Crippen LogP contribution in [0.25, 0.3) is 0 Å². The van der Waals surface area contributed by atoms with Crippen LogP contribution >= 0.6 is 23.2 Å². The Morgan fingerprint density at radius 2 is 1.78 bits per heavy atom. The van der Waals surface area contributed by atoms with Crippen LogP contribution in [0.15, 0.2) is 48.5 Å². The Balaban J connectivity index is 1.62. The average molecular weight is 487 g/mol. The lowest BCUT2D eigenvalue weighted by Crippen LogP contribution is -2.35. The highest BCUT2D eigenvalue weighted by molar-refractivity contribution is 6.36. The number of aromatic nitrogens is 2. The largest absolute Gasteiger partial charge is 0.410 e. The second-order valence-corrected chi connectivity index (χ2v) is 8.12. The zero-order chi connectivity index (χ0) is 23.0. The zero-order valence-corrected chi connectivity index (χ0v) is 17.8. The molecule has 0 saturated carbocycles. The van der Waals surface area contributed by atoms with E-state index in [4.69, 9.17) is 23.2 Å². The van der Waals surface area contributed by atoms with E-state index < -0.39 is 30.0 Å². The number of rotatable bonds is 4. The molecule has 2 aromatic carbocycles. The molecule has 1 amide bonds. The Morgan fingerprint density at radius 3 is 2.41 bits per heavy atom. The smallest absolute Gasteiger partial charge is 0.362 e. The third-order valence-electron chi connectivity index (χ3n) is 5.15. The van der Waals surface area contributed by atoms with Gasteiger partial charge in [-0.05, 0) is 35.4 Å². The molecule has 2 atom stereocenters. The van der Waals surface area contributed by atoms with E-state index in [1.165, 1.54) is 24.3 Å². The van der Waals surface area contributed by atoms with Crippen molar-refractivity contribution in [3.05, 3.63) is 81.2 Å². The lowest BCUT2D eigenvalue weighted by molar-refractivity contribution is -0.173. The highest BCUT2D eigenvalue weighted by atomic mass is 35.5. The van der Waals surface area contributed by atoms with Gasteiger partial charge in [-0.15, -0.1) is 0 Å². The fourth-order valence-corrected chi connectivity index (χ4v) is 3.91. The van der Waals surface area contributed by atoms with Gasteiger partial charge in [0.1, 0.15) is 16.7 Å². The van der Waals surface area contributed by atoms with E-state index in [1.807, 2.05) is 0 Å². The minimum Gasteiger partial charge on any atom is -0.362 e. The van der Waals surface area contributed by atoms with Crippen LogP contribution < -0.4 is 10.6 Å². The molecule has 0 unspecified atom stereocenters. The average Bonchev–Trinajstić information content (AvgIpc) is 3.09. The molecule has 3 aromatic rings. The lowest BCUT2D eigenvalue weighted by Gasteiger charge is -2.33. The number of hydrogen-bond donors (Lipinski definition) is 2. The number of carbonyl (C=O) groups excluding carboxylic acids is 1. The van der Waals surface area contributed by atoms with Gasteiger partial charge in [-0.1, -0.05) is 47.5 Å². The van der Waals surface area contributed by atoms with Crippen molar-refractivity contribution < 1.29 is 22.4 Å². The molecular formula is C21H16Cl2F4N4O. The van der Waals surface area contributed by atoms with E-state index in [9.17, 15) is 22.4 Å². The number of hydrogen-bond acceptors (Lipinski definition) is 3. The number of carbonyl (C=O) groups is 1. The normalized spacial score (nSPS) is 18.1. The summed E-state index contributed by atoms with van der Waals surface area (Å²) < 4.78 is 55.2. The Morgan fingerprint density at radius 1 is 1.12 bits per heavy atom. The number of halogens is 6. The Bertz CT molecular complexity index is 1130. The molecule has 0 fully saturated rings. The molecule has 1 aromatic heterocycles. The van der Waals surface area contributed by atoms with Crippen molar-refractivity contribution in [3.8, 4) is 0 Å². The fourth-order valence-electron chi connectivity index (χ4n) is 3.52.